The van der Waals surface area contributed by atoms with Crippen LogP contribution in [0.1, 0.15) is 70.1 Å². The standard InChI is InChI=1S/C17H26ClN3/c1-11(2)21-15(19-20-16(21)10-18)9-17-6-12-3-13(7-17)5-14(4-12)8-17/h11-14H,3-10H2,1-2H3. The zero-order chi connectivity index (χ0) is 14.6. The largest absolute Gasteiger partial charge is 0.311 e. The number of alkyl halides is 1. The van der Waals surface area contributed by atoms with E-state index in [0.29, 0.717) is 17.3 Å². The summed E-state index contributed by atoms with van der Waals surface area (Å²) in [6, 6.07) is 0.401. The number of hydrogen-bond donors (Lipinski definition) is 0. The summed E-state index contributed by atoms with van der Waals surface area (Å²) in [4.78, 5) is 0. The third-order valence-electron chi connectivity index (χ3n) is 6.17. The first kappa shape index (κ1) is 14.0. The van der Waals surface area contributed by atoms with Crippen LogP contribution in [-0.2, 0) is 12.3 Å². The average Bonchev–Trinajstić information content (AvgIpc) is 2.79. The lowest BCUT2D eigenvalue weighted by molar-refractivity contribution is -0.0536. The first-order chi connectivity index (χ1) is 10.1. The first-order valence-electron chi connectivity index (χ1n) is 8.57. The van der Waals surface area contributed by atoms with Crippen molar-refractivity contribution >= 4 is 11.6 Å². The van der Waals surface area contributed by atoms with Gasteiger partial charge in [0, 0.05) is 12.5 Å². The lowest BCUT2D eigenvalue weighted by atomic mass is 9.49. The molecule has 21 heavy (non-hydrogen) atoms. The summed E-state index contributed by atoms with van der Waals surface area (Å²) in [7, 11) is 0. The van der Waals surface area contributed by atoms with Crippen LogP contribution in [0.15, 0.2) is 0 Å². The molecule has 0 atom stereocenters. The molecule has 0 amide bonds. The summed E-state index contributed by atoms with van der Waals surface area (Å²) < 4.78 is 2.28. The van der Waals surface area contributed by atoms with Crippen LogP contribution in [0.3, 0.4) is 0 Å². The molecule has 1 aromatic rings. The maximum absolute atomic E-state index is 6.04. The molecule has 0 spiro atoms. The summed E-state index contributed by atoms with van der Waals surface area (Å²) in [5, 5.41) is 8.85. The Morgan fingerprint density at radius 3 is 2.05 bits per heavy atom. The normalized spacial score (nSPS) is 37.6. The number of halogens is 1. The fourth-order valence-electron chi connectivity index (χ4n) is 6.01. The van der Waals surface area contributed by atoms with Crippen molar-refractivity contribution in [3.05, 3.63) is 11.6 Å². The second-order valence-corrected chi connectivity index (χ2v) is 8.49. The van der Waals surface area contributed by atoms with E-state index in [1.54, 1.807) is 0 Å². The molecule has 1 aromatic heterocycles. The smallest absolute Gasteiger partial charge is 0.148 e. The summed E-state index contributed by atoms with van der Waals surface area (Å²) in [6.07, 6.45) is 9.92. The number of nitrogens with zero attached hydrogens (tertiary/aromatic N) is 3. The van der Waals surface area contributed by atoms with Crippen LogP contribution in [-0.4, -0.2) is 14.8 Å². The predicted octanol–water partition coefficient (Wildman–Crippen LogP) is 4.36. The van der Waals surface area contributed by atoms with Gasteiger partial charge in [-0.1, -0.05) is 0 Å². The zero-order valence-electron chi connectivity index (χ0n) is 13.2. The molecule has 0 N–H and O–H groups in total. The Bertz CT molecular complexity index is 499. The number of hydrogen-bond acceptors (Lipinski definition) is 2. The van der Waals surface area contributed by atoms with Gasteiger partial charge in [0.25, 0.3) is 0 Å². The Hall–Kier alpha value is -0.570. The molecule has 0 saturated heterocycles. The van der Waals surface area contributed by atoms with Gasteiger partial charge in [-0.2, -0.15) is 0 Å². The predicted molar refractivity (Wildman–Crippen MR) is 84.3 cm³/mol. The molecule has 4 fully saturated rings. The monoisotopic (exact) mass is 307 g/mol. The molecule has 4 aliphatic carbocycles. The van der Waals surface area contributed by atoms with Crippen molar-refractivity contribution in [1.82, 2.24) is 14.8 Å². The molecule has 0 radical (unpaired) electrons. The molecule has 0 aromatic carbocycles. The fourth-order valence-corrected chi connectivity index (χ4v) is 6.19. The van der Waals surface area contributed by atoms with Gasteiger partial charge in [-0.15, -0.1) is 21.8 Å². The molecule has 116 valence electrons. The van der Waals surface area contributed by atoms with Crippen LogP contribution in [0.4, 0.5) is 0 Å². The van der Waals surface area contributed by atoms with E-state index in [4.69, 9.17) is 11.6 Å². The van der Waals surface area contributed by atoms with Crippen LogP contribution in [0.5, 0.6) is 0 Å². The van der Waals surface area contributed by atoms with Gasteiger partial charge in [0.2, 0.25) is 0 Å². The van der Waals surface area contributed by atoms with E-state index < -0.39 is 0 Å². The van der Waals surface area contributed by atoms with E-state index in [9.17, 15) is 0 Å². The van der Waals surface area contributed by atoms with E-state index in [2.05, 4.69) is 28.6 Å². The molecule has 4 aliphatic rings. The lowest BCUT2D eigenvalue weighted by Crippen LogP contribution is -2.47. The van der Waals surface area contributed by atoms with Crippen LogP contribution in [0, 0.1) is 23.2 Å². The van der Waals surface area contributed by atoms with E-state index in [-0.39, 0.29) is 0 Å². The number of aromatic nitrogens is 3. The quantitative estimate of drug-likeness (QED) is 0.774. The van der Waals surface area contributed by atoms with Crippen molar-refractivity contribution in [2.45, 2.75) is 70.7 Å². The molecule has 4 saturated carbocycles. The lowest BCUT2D eigenvalue weighted by Gasteiger charge is -2.56. The van der Waals surface area contributed by atoms with Crippen LogP contribution >= 0.6 is 11.6 Å². The summed E-state index contributed by atoms with van der Waals surface area (Å²) in [5.41, 5.74) is 0.526. The van der Waals surface area contributed by atoms with Crippen molar-refractivity contribution < 1.29 is 0 Å². The highest BCUT2D eigenvalue weighted by Gasteiger charge is 2.51. The third-order valence-corrected chi connectivity index (χ3v) is 6.41. The van der Waals surface area contributed by atoms with Gasteiger partial charge in [-0.05, 0) is 75.5 Å². The average molecular weight is 308 g/mol. The Kier molecular flexibility index (Phi) is 3.33. The summed E-state index contributed by atoms with van der Waals surface area (Å²) in [6.45, 7) is 4.42. The Balaban J connectivity index is 1.63. The highest BCUT2D eigenvalue weighted by Crippen LogP contribution is 2.61. The fraction of sp³-hybridized carbons (Fsp3) is 0.882. The Morgan fingerprint density at radius 1 is 1.05 bits per heavy atom. The Morgan fingerprint density at radius 2 is 1.57 bits per heavy atom. The molecule has 1 heterocycles. The van der Waals surface area contributed by atoms with Gasteiger partial charge in [0.1, 0.15) is 11.6 Å². The summed E-state index contributed by atoms with van der Waals surface area (Å²) in [5.74, 6) is 5.58. The van der Waals surface area contributed by atoms with Gasteiger partial charge < -0.3 is 4.57 Å². The zero-order valence-corrected chi connectivity index (χ0v) is 13.9. The SMILES string of the molecule is CC(C)n1c(CCl)nnc1CC12CC3CC(CC(C3)C1)C2. The molecule has 0 aliphatic heterocycles. The highest BCUT2D eigenvalue weighted by molar-refractivity contribution is 6.16. The minimum atomic E-state index is 0.401. The van der Waals surface area contributed by atoms with E-state index in [1.807, 2.05) is 0 Å². The molecule has 0 unspecified atom stereocenters. The summed E-state index contributed by atoms with van der Waals surface area (Å²) >= 11 is 6.04. The molecular formula is C17H26ClN3. The third kappa shape index (κ3) is 2.32. The van der Waals surface area contributed by atoms with Gasteiger partial charge >= 0.3 is 0 Å². The molecule has 5 rings (SSSR count). The maximum Gasteiger partial charge on any atom is 0.148 e. The van der Waals surface area contributed by atoms with Crippen molar-refractivity contribution in [3.63, 3.8) is 0 Å². The maximum atomic E-state index is 6.04. The van der Waals surface area contributed by atoms with Gasteiger partial charge in [0.05, 0.1) is 5.88 Å². The molecular weight excluding hydrogens is 282 g/mol. The molecule has 4 bridgehead atoms. The van der Waals surface area contributed by atoms with Crippen molar-refractivity contribution in [1.29, 1.82) is 0 Å². The molecule has 3 nitrogen and oxygen atoms in total. The van der Waals surface area contributed by atoms with Gasteiger partial charge in [-0.25, -0.2) is 0 Å². The van der Waals surface area contributed by atoms with E-state index in [1.165, 1.54) is 44.3 Å². The number of rotatable bonds is 4. The van der Waals surface area contributed by atoms with Crippen LogP contribution in [0.2, 0.25) is 0 Å². The first-order valence-corrected chi connectivity index (χ1v) is 9.10. The topological polar surface area (TPSA) is 30.7 Å². The Labute approximate surface area is 132 Å². The van der Waals surface area contributed by atoms with Crippen molar-refractivity contribution in [2.75, 3.05) is 0 Å². The van der Waals surface area contributed by atoms with Crippen molar-refractivity contribution in [2.24, 2.45) is 23.2 Å². The second-order valence-electron chi connectivity index (χ2n) is 8.22. The van der Waals surface area contributed by atoms with Gasteiger partial charge in [0.15, 0.2) is 0 Å². The minimum absolute atomic E-state index is 0.401. The van der Waals surface area contributed by atoms with Crippen molar-refractivity contribution in [3.8, 4) is 0 Å². The minimum Gasteiger partial charge on any atom is -0.311 e. The van der Waals surface area contributed by atoms with Crippen LogP contribution < -0.4 is 0 Å². The van der Waals surface area contributed by atoms with E-state index >= 15 is 0 Å². The molecule has 4 heteroatoms. The van der Waals surface area contributed by atoms with Crippen LogP contribution in [0.25, 0.3) is 0 Å². The second kappa shape index (κ2) is 4.97. The van der Waals surface area contributed by atoms with Gasteiger partial charge in [-0.3, -0.25) is 0 Å². The van der Waals surface area contributed by atoms with E-state index in [0.717, 1.165) is 30.0 Å². The highest BCUT2D eigenvalue weighted by atomic mass is 35.5.